The standard InChI is InChI=1S/C14H12F2N2O3S/c1-17-14(19)9-3-2-4-11(7-9)18-22(20,21)13-6-5-10(15)8-12(13)16/h2-8,18H,1H3,(H,17,19). The molecule has 1 amide bonds. The molecule has 0 radical (unpaired) electrons. The summed E-state index contributed by atoms with van der Waals surface area (Å²) in [4.78, 5) is 10.8. The summed E-state index contributed by atoms with van der Waals surface area (Å²) in [5.41, 5.74) is 0.326. The minimum Gasteiger partial charge on any atom is -0.355 e. The molecule has 0 unspecified atom stereocenters. The van der Waals surface area contributed by atoms with Crippen LogP contribution in [0.1, 0.15) is 10.4 Å². The highest BCUT2D eigenvalue weighted by atomic mass is 32.2. The fraction of sp³-hybridized carbons (Fsp3) is 0.0714. The Morgan fingerprint density at radius 3 is 2.45 bits per heavy atom. The number of carbonyl (C=O) groups is 1. The van der Waals surface area contributed by atoms with Gasteiger partial charge in [0.2, 0.25) is 0 Å². The number of carbonyl (C=O) groups excluding carboxylic acids is 1. The Bertz CT molecular complexity index is 823. The maximum Gasteiger partial charge on any atom is 0.264 e. The van der Waals surface area contributed by atoms with Crippen LogP contribution in [0.3, 0.4) is 0 Å². The van der Waals surface area contributed by atoms with Gasteiger partial charge in [-0.25, -0.2) is 17.2 Å². The number of rotatable bonds is 4. The summed E-state index contributed by atoms with van der Waals surface area (Å²) >= 11 is 0. The second-order valence-corrected chi connectivity index (χ2v) is 5.99. The first-order valence-corrected chi connectivity index (χ1v) is 7.62. The van der Waals surface area contributed by atoms with Crippen molar-refractivity contribution in [3.05, 3.63) is 59.7 Å². The van der Waals surface area contributed by atoms with E-state index in [0.717, 1.165) is 12.1 Å². The van der Waals surface area contributed by atoms with Crippen molar-refractivity contribution in [1.29, 1.82) is 0 Å². The van der Waals surface area contributed by atoms with Gasteiger partial charge in [-0.05, 0) is 30.3 Å². The Labute approximate surface area is 126 Å². The first-order valence-electron chi connectivity index (χ1n) is 6.13. The lowest BCUT2D eigenvalue weighted by Crippen LogP contribution is -2.19. The van der Waals surface area contributed by atoms with Gasteiger partial charge in [0.25, 0.3) is 15.9 Å². The predicted octanol–water partition coefficient (Wildman–Crippen LogP) is 2.13. The van der Waals surface area contributed by atoms with Gasteiger partial charge in [-0.2, -0.15) is 0 Å². The molecule has 2 N–H and O–H groups in total. The van der Waals surface area contributed by atoms with Crippen molar-refractivity contribution in [2.24, 2.45) is 0 Å². The second kappa shape index (κ2) is 6.10. The molecule has 0 aliphatic carbocycles. The lowest BCUT2D eigenvalue weighted by atomic mass is 10.2. The van der Waals surface area contributed by atoms with Crippen molar-refractivity contribution < 1.29 is 22.0 Å². The van der Waals surface area contributed by atoms with E-state index in [9.17, 15) is 22.0 Å². The van der Waals surface area contributed by atoms with Crippen molar-refractivity contribution in [2.45, 2.75) is 4.90 Å². The van der Waals surface area contributed by atoms with E-state index in [1.165, 1.54) is 31.3 Å². The number of anilines is 1. The maximum atomic E-state index is 13.6. The third-order valence-corrected chi connectivity index (χ3v) is 4.20. The summed E-state index contributed by atoms with van der Waals surface area (Å²) in [6.45, 7) is 0. The highest BCUT2D eigenvalue weighted by Gasteiger charge is 2.20. The zero-order chi connectivity index (χ0) is 16.3. The van der Waals surface area contributed by atoms with Gasteiger partial charge < -0.3 is 5.32 Å². The summed E-state index contributed by atoms with van der Waals surface area (Å²) in [5.74, 6) is -2.47. The molecule has 116 valence electrons. The van der Waals surface area contributed by atoms with Crippen LogP contribution in [0.25, 0.3) is 0 Å². The molecule has 0 saturated heterocycles. The Kier molecular flexibility index (Phi) is 4.41. The second-order valence-electron chi connectivity index (χ2n) is 4.34. The van der Waals surface area contributed by atoms with E-state index in [4.69, 9.17) is 0 Å². The highest BCUT2D eigenvalue weighted by molar-refractivity contribution is 7.92. The van der Waals surface area contributed by atoms with E-state index in [1.807, 2.05) is 0 Å². The van der Waals surface area contributed by atoms with Crippen molar-refractivity contribution in [2.75, 3.05) is 11.8 Å². The van der Waals surface area contributed by atoms with Crippen LogP contribution in [0.4, 0.5) is 14.5 Å². The minimum atomic E-state index is -4.23. The minimum absolute atomic E-state index is 0.0878. The van der Waals surface area contributed by atoms with Gasteiger partial charge in [0, 0.05) is 24.4 Å². The van der Waals surface area contributed by atoms with Crippen LogP contribution >= 0.6 is 0 Å². The molecule has 8 heteroatoms. The molecule has 0 spiro atoms. The monoisotopic (exact) mass is 326 g/mol. The number of halogens is 2. The van der Waals surface area contributed by atoms with Gasteiger partial charge in [0.15, 0.2) is 0 Å². The largest absolute Gasteiger partial charge is 0.355 e. The molecule has 0 aromatic heterocycles. The Morgan fingerprint density at radius 2 is 1.82 bits per heavy atom. The van der Waals surface area contributed by atoms with Crippen LogP contribution in [0.15, 0.2) is 47.4 Å². The van der Waals surface area contributed by atoms with Gasteiger partial charge in [-0.15, -0.1) is 0 Å². The van der Waals surface area contributed by atoms with E-state index in [-0.39, 0.29) is 11.3 Å². The van der Waals surface area contributed by atoms with Gasteiger partial charge >= 0.3 is 0 Å². The molecule has 2 aromatic rings. The number of nitrogens with one attached hydrogen (secondary N) is 2. The summed E-state index contributed by atoms with van der Waals surface area (Å²) in [7, 11) is -2.80. The number of sulfonamides is 1. The normalized spacial score (nSPS) is 11.0. The third-order valence-electron chi connectivity index (χ3n) is 2.79. The van der Waals surface area contributed by atoms with Crippen LogP contribution in [-0.2, 0) is 10.0 Å². The SMILES string of the molecule is CNC(=O)c1cccc(NS(=O)(=O)c2ccc(F)cc2F)c1. The van der Waals surface area contributed by atoms with Gasteiger partial charge in [-0.3, -0.25) is 9.52 Å². The fourth-order valence-corrected chi connectivity index (χ4v) is 2.88. The molecule has 0 saturated carbocycles. The smallest absolute Gasteiger partial charge is 0.264 e. The molecule has 0 aliphatic heterocycles. The molecule has 0 fully saturated rings. The zero-order valence-corrected chi connectivity index (χ0v) is 12.2. The fourth-order valence-electron chi connectivity index (χ4n) is 1.77. The zero-order valence-electron chi connectivity index (χ0n) is 11.4. The summed E-state index contributed by atoms with van der Waals surface area (Å²) < 4.78 is 52.8. The first-order chi connectivity index (χ1) is 10.3. The molecule has 22 heavy (non-hydrogen) atoms. The Morgan fingerprint density at radius 1 is 1.09 bits per heavy atom. The highest BCUT2D eigenvalue weighted by Crippen LogP contribution is 2.20. The van der Waals surface area contributed by atoms with Crippen molar-refractivity contribution in [1.82, 2.24) is 5.32 Å². The molecule has 2 aromatic carbocycles. The molecule has 2 rings (SSSR count). The molecule has 0 heterocycles. The van der Waals surface area contributed by atoms with Crippen molar-refractivity contribution >= 4 is 21.6 Å². The van der Waals surface area contributed by atoms with E-state index < -0.39 is 32.5 Å². The van der Waals surface area contributed by atoms with Crippen LogP contribution in [-0.4, -0.2) is 21.4 Å². The predicted molar refractivity (Wildman–Crippen MR) is 77.0 cm³/mol. The van der Waals surface area contributed by atoms with Gasteiger partial charge in [0.05, 0.1) is 0 Å². The van der Waals surface area contributed by atoms with E-state index in [2.05, 4.69) is 10.0 Å². The molecule has 0 atom stereocenters. The van der Waals surface area contributed by atoms with E-state index in [1.54, 1.807) is 0 Å². The van der Waals surface area contributed by atoms with E-state index in [0.29, 0.717) is 6.07 Å². The summed E-state index contributed by atoms with van der Waals surface area (Å²) in [5, 5.41) is 2.40. The third kappa shape index (κ3) is 3.40. The molecule has 0 aliphatic rings. The maximum absolute atomic E-state index is 13.6. The lowest BCUT2D eigenvalue weighted by Gasteiger charge is -2.10. The Balaban J connectivity index is 2.35. The quantitative estimate of drug-likeness (QED) is 0.904. The van der Waals surface area contributed by atoms with Crippen LogP contribution in [0, 0.1) is 11.6 Å². The number of benzene rings is 2. The summed E-state index contributed by atoms with van der Waals surface area (Å²) in [6.07, 6.45) is 0. The first kappa shape index (κ1) is 15.9. The Hall–Kier alpha value is -2.48. The van der Waals surface area contributed by atoms with E-state index >= 15 is 0 Å². The van der Waals surface area contributed by atoms with Crippen LogP contribution < -0.4 is 10.0 Å². The molecular formula is C14H12F2N2O3S. The average molecular weight is 326 g/mol. The average Bonchev–Trinajstić information content (AvgIpc) is 2.45. The van der Waals surface area contributed by atoms with Gasteiger partial charge in [0.1, 0.15) is 16.5 Å². The molecule has 5 nitrogen and oxygen atoms in total. The van der Waals surface area contributed by atoms with Crippen molar-refractivity contribution in [3.8, 4) is 0 Å². The van der Waals surface area contributed by atoms with Crippen molar-refractivity contribution in [3.63, 3.8) is 0 Å². The number of amides is 1. The molecular weight excluding hydrogens is 314 g/mol. The summed E-state index contributed by atoms with van der Waals surface area (Å²) in [6, 6.07) is 7.84. The van der Waals surface area contributed by atoms with Gasteiger partial charge in [-0.1, -0.05) is 6.07 Å². The lowest BCUT2D eigenvalue weighted by molar-refractivity contribution is 0.0963. The number of hydrogen-bond donors (Lipinski definition) is 2. The van der Waals surface area contributed by atoms with Crippen LogP contribution in [0.5, 0.6) is 0 Å². The topological polar surface area (TPSA) is 75.3 Å². The molecule has 0 bridgehead atoms. The number of hydrogen-bond acceptors (Lipinski definition) is 3. The van der Waals surface area contributed by atoms with Crippen LogP contribution in [0.2, 0.25) is 0 Å².